The standard InChI is InChI=1S/C15H8Cl3NO2/c16-9-3-1-8(2-4-9)7-19-13-11(18)6-5-10(17)12(13)14(20)15(19)21/h1-6H,7H2. The number of fused-ring (bicyclic) bond motifs is 1. The predicted molar refractivity (Wildman–Crippen MR) is 83.4 cm³/mol. The first kappa shape index (κ1) is 14.4. The summed E-state index contributed by atoms with van der Waals surface area (Å²) in [4.78, 5) is 25.6. The van der Waals surface area contributed by atoms with Crippen LogP contribution in [0.5, 0.6) is 0 Å². The van der Waals surface area contributed by atoms with Gasteiger partial charge in [0.05, 0.1) is 27.8 Å². The fourth-order valence-corrected chi connectivity index (χ4v) is 2.90. The van der Waals surface area contributed by atoms with Crippen molar-refractivity contribution in [3.63, 3.8) is 0 Å². The minimum atomic E-state index is -0.633. The lowest BCUT2D eigenvalue weighted by Gasteiger charge is -2.18. The van der Waals surface area contributed by atoms with Crippen molar-refractivity contribution in [2.24, 2.45) is 0 Å². The molecule has 106 valence electrons. The molecule has 1 amide bonds. The van der Waals surface area contributed by atoms with Crippen LogP contribution in [-0.2, 0) is 11.3 Å². The van der Waals surface area contributed by atoms with Crippen molar-refractivity contribution in [1.29, 1.82) is 0 Å². The second-order valence-electron chi connectivity index (χ2n) is 4.60. The number of hydrogen-bond donors (Lipinski definition) is 0. The van der Waals surface area contributed by atoms with E-state index in [9.17, 15) is 9.59 Å². The molecule has 0 spiro atoms. The average molecular weight is 341 g/mol. The number of carbonyl (C=O) groups excluding carboxylic acids is 2. The molecular formula is C15H8Cl3NO2. The molecule has 0 N–H and O–H groups in total. The maximum absolute atomic E-state index is 12.2. The second-order valence-corrected chi connectivity index (χ2v) is 5.85. The minimum Gasteiger partial charge on any atom is -0.299 e. The number of rotatable bonds is 2. The Morgan fingerprint density at radius 3 is 2.14 bits per heavy atom. The number of amides is 1. The third-order valence-electron chi connectivity index (χ3n) is 3.27. The molecule has 21 heavy (non-hydrogen) atoms. The third-order valence-corrected chi connectivity index (χ3v) is 4.14. The van der Waals surface area contributed by atoms with Crippen LogP contribution in [0.25, 0.3) is 0 Å². The van der Waals surface area contributed by atoms with Crippen molar-refractivity contribution in [1.82, 2.24) is 0 Å². The molecule has 0 aliphatic carbocycles. The Morgan fingerprint density at radius 2 is 1.48 bits per heavy atom. The van der Waals surface area contributed by atoms with E-state index in [1.165, 1.54) is 11.0 Å². The van der Waals surface area contributed by atoms with Crippen molar-refractivity contribution in [2.45, 2.75) is 6.54 Å². The summed E-state index contributed by atoms with van der Waals surface area (Å²) >= 11 is 18.0. The van der Waals surface area contributed by atoms with Crippen LogP contribution >= 0.6 is 34.8 Å². The van der Waals surface area contributed by atoms with Gasteiger partial charge in [-0.3, -0.25) is 14.5 Å². The lowest BCUT2D eigenvalue weighted by molar-refractivity contribution is -0.114. The predicted octanol–water partition coefficient (Wildman–Crippen LogP) is 4.38. The maximum atomic E-state index is 12.2. The largest absolute Gasteiger partial charge is 0.299 e. The molecular weight excluding hydrogens is 333 g/mol. The molecule has 0 atom stereocenters. The van der Waals surface area contributed by atoms with Gasteiger partial charge in [0.25, 0.3) is 11.7 Å². The van der Waals surface area contributed by atoms with E-state index in [1.54, 1.807) is 30.3 Å². The zero-order valence-electron chi connectivity index (χ0n) is 10.6. The van der Waals surface area contributed by atoms with Crippen LogP contribution in [0.1, 0.15) is 15.9 Å². The van der Waals surface area contributed by atoms with Crippen LogP contribution in [0.4, 0.5) is 5.69 Å². The van der Waals surface area contributed by atoms with Gasteiger partial charge in [-0.05, 0) is 29.8 Å². The maximum Gasteiger partial charge on any atom is 0.299 e. The van der Waals surface area contributed by atoms with Crippen LogP contribution in [0.3, 0.4) is 0 Å². The summed E-state index contributed by atoms with van der Waals surface area (Å²) in [7, 11) is 0. The second kappa shape index (κ2) is 5.34. The number of anilines is 1. The summed E-state index contributed by atoms with van der Waals surface area (Å²) in [5.41, 5.74) is 1.38. The summed E-state index contributed by atoms with van der Waals surface area (Å²) in [6.45, 7) is 0.231. The lowest BCUT2D eigenvalue weighted by Crippen LogP contribution is -2.29. The quantitative estimate of drug-likeness (QED) is 0.761. The molecule has 0 aromatic heterocycles. The SMILES string of the molecule is O=C1C(=O)N(Cc2ccc(Cl)cc2)c2c(Cl)ccc(Cl)c21. The lowest BCUT2D eigenvalue weighted by atomic mass is 10.1. The molecule has 0 unspecified atom stereocenters. The molecule has 0 saturated heterocycles. The fourth-order valence-electron chi connectivity index (χ4n) is 2.28. The summed E-state index contributed by atoms with van der Waals surface area (Å²) in [5.74, 6) is -1.26. The molecule has 2 aromatic rings. The Morgan fingerprint density at radius 1 is 0.857 bits per heavy atom. The molecule has 0 saturated carbocycles. The number of Topliss-reactive ketones (excluding diaryl/α,β-unsaturated/α-hetero) is 1. The first-order valence-corrected chi connectivity index (χ1v) is 7.21. The summed E-state index contributed by atoms with van der Waals surface area (Å²) in [5, 5.41) is 1.15. The smallest absolute Gasteiger partial charge is 0.299 e. The number of carbonyl (C=O) groups is 2. The zero-order chi connectivity index (χ0) is 15.1. The molecule has 0 bridgehead atoms. The topological polar surface area (TPSA) is 37.4 Å². The highest BCUT2D eigenvalue weighted by Crippen LogP contribution is 2.40. The summed E-state index contributed by atoms with van der Waals surface area (Å²) in [6, 6.07) is 10.1. The molecule has 0 fully saturated rings. The highest BCUT2D eigenvalue weighted by molar-refractivity contribution is 6.56. The monoisotopic (exact) mass is 339 g/mol. The van der Waals surface area contributed by atoms with Crippen molar-refractivity contribution in [2.75, 3.05) is 4.90 Å². The third kappa shape index (κ3) is 2.42. The average Bonchev–Trinajstić information content (AvgIpc) is 2.71. The number of hydrogen-bond acceptors (Lipinski definition) is 2. The normalized spacial score (nSPS) is 13.8. The highest BCUT2D eigenvalue weighted by atomic mass is 35.5. The zero-order valence-corrected chi connectivity index (χ0v) is 12.8. The minimum absolute atomic E-state index is 0.170. The molecule has 3 rings (SSSR count). The van der Waals surface area contributed by atoms with Crippen molar-refractivity contribution < 1.29 is 9.59 Å². The Labute approximate surface area is 136 Å². The Kier molecular flexibility index (Phi) is 3.66. The Hall–Kier alpha value is -1.55. The molecule has 0 radical (unpaired) electrons. The van der Waals surface area contributed by atoms with Gasteiger partial charge in [-0.2, -0.15) is 0 Å². The molecule has 1 aliphatic heterocycles. The van der Waals surface area contributed by atoms with Crippen LogP contribution in [0, 0.1) is 0 Å². The van der Waals surface area contributed by atoms with Gasteiger partial charge in [0, 0.05) is 5.02 Å². The van der Waals surface area contributed by atoms with E-state index in [0.717, 1.165) is 5.56 Å². The van der Waals surface area contributed by atoms with E-state index < -0.39 is 11.7 Å². The summed E-state index contributed by atoms with van der Waals surface area (Å²) in [6.07, 6.45) is 0. The molecule has 1 aliphatic rings. The van der Waals surface area contributed by atoms with Crippen LogP contribution in [0.2, 0.25) is 15.1 Å². The van der Waals surface area contributed by atoms with Gasteiger partial charge in [0.1, 0.15) is 0 Å². The number of ketones is 1. The van der Waals surface area contributed by atoms with Gasteiger partial charge in [0.15, 0.2) is 0 Å². The van der Waals surface area contributed by atoms with Gasteiger partial charge in [-0.25, -0.2) is 0 Å². The molecule has 2 aromatic carbocycles. The van der Waals surface area contributed by atoms with Gasteiger partial charge in [-0.15, -0.1) is 0 Å². The van der Waals surface area contributed by atoms with Gasteiger partial charge < -0.3 is 0 Å². The number of halogens is 3. The number of nitrogens with zero attached hydrogens (tertiary/aromatic N) is 1. The van der Waals surface area contributed by atoms with E-state index in [4.69, 9.17) is 34.8 Å². The van der Waals surface area contributed by atoms with Gasteiger partial charge in [0.2, 0.25) is 0 Å². The van der Waals surface area contributed by atoms with Crippen LogP contribution in [-0.4, -0.2) is 11.7 Å². The van der Waals surface area contributed by atoms with E-state index in [-0.39, 0.29) is 17.1 Å². The van der Waals surface area contributed by atoms with Gasteiger partial charge in [-0.1, -0.05) is 46.9 Å². The van der Waals surface area contributed by atoms with Crippen LogP contribution < -0.4 is 4.90 Å². The van der Waals surface area contributed by atoms with E-state index in [1.807, 2.05) is 0 Å². The van der Waals surface area contributed by atoms with E-state index in [0.29, 0.717) is 15.7 Å². The molecule has 6 heteroatoms. The van der Waals surface area contributed by atoms with E-state index >= 15 is 0 Å². The Bertz CT molecular complexity index is 756. The van der Waals surface area contributed by atoms with Crippen LogP contribution in [0.15, 0.2) is 36.4 Å². The van der Waals surface area contributed by atoms with Crippen molar-refractivity contribution >= 4 is 52.2 Å². The highest BCUT2D eigenvalue weighted by Gasteiger charge is 2.39. The van der Waals surface area contributed by atoms with Crippen molar-refractivity contribution in [3.8, 4) is 0 Å². The van der Waals surface area contributed by atoms with Gasteiger partial charge >= 0.3 is 0 Å². The van der Waals surface area contributed by atoms with Crippen molar-refractivity contribution in [3.05, 3.63) is 62.6 Å². The first-order valence-electron chi connectivity index (χ1n) is 6.07. The molecule has 3 nitrogen and oxygen atoms in total. The molecule has 1 heterocycles. The number of benzene rings is 2. The summed E-state index contributed by atoms with van der Waals surface area (Å²) < 4.78 is 0. The van der Waals surface area contributed by atoms with E-state index in [2.05, 4.69) is 0 Å². The fraction of sp³-hybridized carbons (Fsp3) is 0.0667. The Balaban J connectivity index is 2.05. The first-order chi connectivity index (χ1) is 9.99.